The number of anilines is 1. The fourth-order valence-electron chi connectivity index (χ4n) is 2.46. The summed E-state index contributed by atoms with van der Waals surface area (Å²) in [5.41, 5.74) is 2.54. The Hall–Kier alpha value is -2.38. The number of aryl methyl sites for hydroxylation is 2. The van der Waals surface area contributed by atoms with Crippen LogP contribution in [0.1, 0.15) is 21.5 Å². The average molecular weight is 377 g/mol. The first-order valence-corrected chi connectivity index (χ1v) is 9.95. The summed E-state index contributed by atoms with van der Waals surface area (Å²) in [6, 6.07) is 11.7. The van der Waals surface area contributed by atoms with Crippen LogP contribution >= 0.6 is 0 Å². The summed E-state index contributed by atoms with van der Waals surface area (Å²) >= 11 is 0. The first-order valence-electron chi connectivity index (χ1n) is 8.46. The van der Waals surface area contributed by atoms with Crippen molar-refractivity contribution < 1.29 is 18.1 Å². The third-order valence-electron chi connectivity index (χ3n) is 3.94. The van der Waals surface area contributed by atoms with Crippen LogP contribution in [0, 0.1) is 13.8 Å². The van der Waals surface area contributed by atoms with Crippen molar-refractivity contribution in [3.05, 3.63) is 59.2 Å². The fraction of sp³-hybridized carbons (Fsp3) is 0.316. The van der Waals surface area contributed by atoms with Gasteiger partial charge in [-0.25, -0.2) is 8.42 Å². The number of benzene rings is 2. The summed E-state index contributed by atoms with van der Waals surface area (Å²) in [5, 5.41) is 2.83. The highest BCUT2D eigenvalue weighted by molar-refractivity contribution is 7.92. The lowest BCUT2D eigenvalue weighted by Gasteiger charge is -2.13. The van der Waals surface area contributed by atoms with E-state index in [1.807, 2.05) is 27.1 Å². The van der Waals surface area contributed by atoms with E-state index in [4.69, 9.17) is 0 Å². The predicted molar refractivity (Wildman–Crippen MR) is 103 cm³/mol. The van der Waals surface area contributed by atoms with Crippen molar-refractivity contribution in [3.63, 3.8) is 0 Å². The van der Waals surface area contributed by atoms with Crippen LogP contribution in [0.5, 0.6) is 0 Å². The van der Waals surface area contributed by atoms with Gasteiger partial charge in [0.2, 0.25) is 0 Å². The fourth-order valence-corrected chi connectivity index (χ4v) is 3.53. The Bertz CT molecular complexity index is 893. The quantitative estimate of drug-likeness (QED) is 0.674. The number of carbonyl (C=O) groups is 1. The molecule has 0 spiro atoms. The van der Waals surface area contributed by atoms with Gasteiger partial charge in [0.25, 0.3) is 15.9 Å². The highest BCUT2D eigenvalue weighted by Gasteiger charge is 2.18. The van der Waals surface area contributed by atoms with Crippen molar-refractivity contribution >= 4 is 21.6 Å². The maximum absolute atomic E-state index is 12.7. The first kappa shape index (κ1) is 19.9. The molecule has 0 saturated carbocycles. The summed E-state index contributed by atoms with van der Waals surface area (Å²) in [6.45, 7) is 4.99. The average Bonchev–Trinajstić information content (AvgIpc) is 2.54. The molecule has 0 aliphatic heterocycles. The molecule has 3 N–H and O–H groups in total. The molecule has 26 heavy (non-hydrogen) atoms. The second-order valence-electron chi connectivity index (χ2n) is 6.66. The van der Waals surface area contributed by atoms with Gasteiger partial charge in [-0.15, -0.1) is 0 Å². The zero-order valence-electron chi connectivity index (χ0n) is 15.6. The summed E-state index contributed by atoms with van der Waals surface area (Å²) in [7, 11) is 0.232. The largest absolute Gasteiger partial charge is 0.346 e. The molecule has 0 aliphatic carbocycles. The normalized spacial score (nSPS) is 11.4. The van der Waals surface area contributed by atoms with Gasteiger partial charge in [-0.1, -0.05) is 18.2 Å². The second-order valence-corrected chi connectivity index (χ2v) is 8.35. The minimum atomic E-state index is -3.77. The van der Waals surface area contributed by atoms with Crippen LogP contribution in [0.2, 0.25) is 0 Å². The SMILES string of the molecule is Cc1cccc(NS(=O)(=O)c2ccc(C)c(C(=O)NCC[NH+](C)C)c2)c1. The molecule has 0 unspecified atom stereocenters. The molecule has 1 amide bonds. The minimum Gasteiger partial charge on any atom is -0.346 e. The van der Waals surface area contributed by atoms with Crippen molar-refractivity contribution in [2.45, 2.75) is 18.7 Å². The number of sulfonamides is 1. The number of nitrogens with one attached hydrogen (secondary N) is 3. The van der Waals surface area contributed by atoms with Crippen LogP contribution in [0.4, 0.5) is 5.69 Å². The Morgan fingerprint density at radius 3 is 2.46 bits per heavy atom. The monoisotopic (exact) mass is 376 g/mol. The van der Waals surface area contributed by atoms with E-state index in [-0.39, 0.29) is 10.8 Å². The van der Waals surface area contributed by atoms with Gasteiger partial charge in [-0.2, -0.15) is 0 Å². The molecule has 2 rings (SSSR count). The Balaban J connectivity index is 2.23. The lowest BCUT2D eigenvalue weighted by Crippen LogP contribution is -3.06. The Labute approximate surface area is 155 Å². The molecule has 7 heteroatoms. The topological polar surface area (TPSA) is 79.7 Å². The van der Waals surface area contributed by atoms with Crippen molar-refractivity contribution in [2.24, 2.45) is 0 Å². The Morgan fingerprint density at radius 1 is 1.08 bits per heavy atom. The second kappa shape index (κ2) is 8.33. The molecule has 0 bridgehead atoms. The number of amides is 1. The van der Waals surface area contributed by atoms with E-state index in [0.29, 0.717) is 17.8 Å². The molecule has 0 aromatic heterocycles. The van der Waals surface area contributed by atoms with Crippen LogP contribution in [-0.2, 0) is 10.0 Å². The van der Waals surface area contributed by atoms with Gasteiger partial charge >= 0.3 is 0 Å². The van der Waals surface area contributed by atoms with Crippen LogP contribution in [0.25, 0.3) is 0 Å². The van der Waals surface area contributed by atoms with E-state index >= 15 is 0 Å². The van der Waals surface area contributed by atoms with Gasteiger partial charge in [0.15, 0.2) is 0 Å². The first-order chi connectivity index (χ1) is 12.2. The maximum atomic E-state index is 12.7. The summed E-state index contributed by atoms with van der Waals surface area (Å²) < 4.78 is 27.9. The number of rotatable bonds is 7. The number of likely N-dealkylation sites (N-methyl/N-ethyl adjacent to an activating group) is 1. The third-order valence-corrected chi connectivity index (χ3v) is 5.32. The van der Waals surface area contributed by atoms with Crippen molar-refractivity contribution in [3.8, 4) is 0 Å². The molecular weight excluding hydrogens is 350 g/mol. The number of quaternary nitrogens is 1. The van der Waals surface area contributed by atoms with Gasteiger partial charge in [0.05, 0.1) is 32.1 Å². The molecule has 0 aliphatic rings. The Kier molecular flexibility index (Phi) is 6.39. The van der Waals surface area contributed by atoms with E-state index in [1.165, 1.54) is 17.0 Å². The molecule has 6 nitrogen and oxygen atoms in total. The van der Waals surface area contributed by atoms with Crippen LogP contribution in [-0.4, -0.2) is 41.5 Å². The zero-order valence-corrected chi connectivity index (χ0v) is 16.4. The molecular formula is C19H26N3O3S+. The Morgan fingerprint density at radius 2 is 1.81 bits per heavy atom. The molecule has 0 fully saturated rings. The maximum Gasteiger partial charge on any atom is 0.261 e. The van der Waals surface area contributed by atoms with E-state index < -0.39 is 10.0 Å². The van der Waals surface area contributed by atoms with Gasteiger partial charge in [-0.3, -0.25) is 9.52 Å². The van der Waals surface area contributed by atoms with Gasteiger partial charge in [0.1, 0.15) is 0 Å². The minimum absolute atomic E-state index is 0.0630. The lowest BCUT2D eigenvalue weighted by atomic mass is 10.1. The molecule has 0 saturated heterocycles. The van der Waals surface area contributed by atoms with Crippen LogP contribution in [0.15, 0.2) is 47.4 Å². The van der Waals surface area contributed by atoms with E-state index in [1.54, 1.807) is 31.2 Å². The van der Waals surface area contributed by atoms with E-state index in [0.717, 1.165) is 17.7 Å². The number of carbonyl (C=O) groups excluding carboxylic acids is 1. The van der Waals surface area contributed by atoms with Crippen molar-refractivity contribution in [2.75, 3.05) is 31.9 Å². The van der Waals surface area contributed by atoms with Gasteiger partial charge < -0.3 is 10.2 Å². The number of hydrogen-bond acceptors (Lipinski definition) is 3. The van der Waals surface area contributed by atoms with Gasteiger partial charge in [-0.05, 0) is 49.2 Å². The van der Waals surface area contributed by atoms with E-state index in [2.05, 4.69) is 10.0 Å². The van der Waals surface area contributed by atoms with Crippen LogP contribution in [0.3, 0.4) is 0 Å². The molecule has 0 atom stereocenters. The highest BCUT2D eigenvalue weighted by Crippen LogP contribution is 2.20. The van der Waals surface area contributed by atoms with E-state index in [9.17, 15) is 13.2 Å². The smallest absolute Gasteiger partial charge is 0.261 e. The highest BCUT2D eigenvalue weighted by atomic mass is 32.2. The summed E-state index contributed by atoms with van der Waals surface area (Å²) in [5.74, 6) is -0.267. The molecule has 0 radical (unpaired) electrons. The zero-order chi connectivity index (χ0) is 19.3. The summed E-state index contributed by atoms with van der Waals surface area (Å²) in [4.78, 5) is 13.7. The van der Waals surface area contributed by atoms with Crippen molar-refractivity contribution in [1.82, 2.24) is 5.32 Å². The molecule has 140 valence electrons. The van der Waals surface area contributed by atoms with Gasteiger partial charge in [0, 0.05) is 11.3 Å². The predicted octanol–water partition coefficient (Wildman–Crippen LogP) is 0.979. The lowest BCUT2D eigenvalue weighted by molar-refractivity contribution is -0.856. The number of hydrogen-bond donors (Lipinski definition) is 3. The summed E-state index contributed by atoms with van der Waals surface area (Å²) in [6.07, 6.45) is 0. The molecule has 2 aromatic rings. The molecule has 0 heterocycles. The third kappa shape index (κ3) is 5.31. The van der Waals surface area contributed by atoms with Crippen LogP contribution < -0.4 is 14.9 Å². The standard InChI is InChI=1S/C19H25N3O3S/c1-14-6-5-7-16(12-14)21-26(24,25)17-9-8-15(2)18(13-17)19(23)20-10-11-22(3)4/h5-9,12-13,21H,10-11H2,1-4H3,(H,20,23)/p+1. The molecule has 2 aromatic carbocycles. The van der Waals surface area contributed by atoms with Crippen molar-refractivity contribution in [1.29, 1.82) is 0 Å².